The van der Waals surface area contributed by atoms with Gasteiger partial charge < -0.3 is 11.5 Å². The van der Waals surface area contributed by atoms with Crippen LogP contribution in [-0.2, 0) is 0 Å². The first-order valence-corrected chi connectivity index (χ1v) is 7.40. The topological polar surface area (TPSA) is 94.0 Å². The van der Waals surface area contributed by atoms with Crippen LogP contribution in [-0.4, -0.2) is 24.4 Å². The molecule has 3 rings (SSSR count). The van der Waals surface area contributed by atoms with Crippen molar-refractivity contribution in [1.82, 2.24) is 0 Å². The molecule has 23 heavy (non-hydrogen) atoms. The van der Waals surface area contributed by atoms with Crippen molar-refractivity contribution in [2.75, 3.05) is 11.6 Å². The van der Waals surface area contributed by atoms with Crippen molar-refractivity contribution in [2.24, 2.45) is 21.7 Å². The molecule has 5 N–H and O–H groups in total. The molecule has 0 aromatic heterocycles. The van der Waals surface area contributed by atoms with Crippen LogP contribution in [0.25, 0.3) is 0 Å². The molecule has 0 aliphatic carbocycles. The third kappa shape index (κ3) is 3.74. The lowest BCUT2D eigenvalue weighted by atomic mass is 10.1. The van der Waals surface area contributed by atoms with Gasteiger partial charge in [-0.2, -0.15) is 5.10 Å². The molecule has 6 heteroatoms. The van der Waals surface area contributed by atoms with Gasteiger partial charge in [0.2, 0.25) is 6.21 Å². The van der Waals surface area contributed by atoms with E-state index in [2.05, 4.69) is 22.3 Å². The van der Waals surface area contributed by atoms with Gasteiger partial charge in [0.1, 0.15) is 0 Å². The Balaban J connectivity index is 1.72. The average molecular weight is 307 g/mol. The molecule has 0 amide bonds. The number of anilines is 1. The number of nitrogens with zero attached hydrogens (tertiary/aromatic N) is 3. The highest BCUT2D eigenvalue weighted by molar-refractivity contribution is 6.02. The summed E-state index contributed by atoms with van der Waals surface area (Å²) in [5.41, 5.74) is 14.8. The van der Waals surface area contributed by atoms with Crippen molar-refractivity contribution in [2.45, 2.75) is 6.42 Å². The Bertz CT molecular complexity index is 742. The minimum absolute atomic E-state index is 0.00212. The molecule has 1 heterocycles. The monoisotopic (exact) mass is 307 g/mol. The zero-order valence-electron chi connectivity index (χ0n) is 12.7. The van der Waals surface area contributed by atoms with E-state index in [1.165, 1.54) is 5.56 Å². The molecule has 2 aromatic rings. The average Bonchev–Trinajstić information content (AvgIpc) is 3.06. The summed E-state index contributed by atoms with van der Waals surface area (Å²) in [6.07, 6.45) is 2.68. The van der Waals surface area contributed by atoms with Gasteiger partial charge in [-0.3, -0.25) is 5.01 Å². The molecule has 2 aromatic carbocycles. The van der Waals surface area contributed by atoms with Crippen LogP contribution in [0.5, 0.6) is 0 Å². The molecular formula is C17H19N6+. The van der Waals surface area contributed by atoms with Crippen LogP contribution in [0.3, 0.4) is 0 Å². The second kappa shape index (κ2) is 6.74. The van der Waals surface area contributed by atoms with Crippen LogP contribution in [0.4, 0.5) is 5.69 Å². The molecular weight excluding hydrogens is 288 g/mol. The highest BCUT2D eigenvalue weighted by Crippen LogP contribution is 2.21. The van der Waals surface area contributed by atoms with E-state index in [0.717, 1.165) is 29.9 Å². The van der Waals surface area contributed by atoms with Crippen molar-refractivity contribution in [3.8, 4) is 0 Å². The SMILES string of the molecule is NC(N)=N/[NH+]=C/c1ccc(N2CCC(c3ccccc3)=N2)cc1. The van der Waals surface area contributed by atoms with Crippen molar-refractivity contribution >= 4 is 23.6 Å². The Morgan fingerprint density at radius 1 is 1.09 bits per heavy atom. The van der Waals surface area contributed by atoms with Gasteiger partial charge in [-0.05, 0) is 29.8 Å². The third-order valence-electron chi connectivity index (χ3n) is 3.52. The number of nitrogens with one attached hydrogen (secondary N) is 1. The van der Waals surface area contributed by atoms with Crippen molar-refractivity contribution in [3.05, 3.63) is 65.7 Å². The summed E-state index contributed by atoms with van der Waals surface area (Å²) in [5.74, 6) is -0.00212. The van der Waals surface area contributed by atoms with Crippen LogP contribution >= 0.6 is 0 Å². The summed E-state index contributed by atoms with van der Waals surface area (Å²) in [6.45, 7) is 0.888. The standard InChI is InChI=1S/C17H18N6/c18-17(19)21-20-12-13-6-8-15(9-7-13)23-11-10-16(22-23)14-4-2-1-3-5-14/h1-9,12H,10-11H2,(H4,18,19,21)/p+1/b20-12+. The zero-order valence-corrected chi connectivity index (χ0v) is 12.7. The molecule has 0 saturated heterocycles. The fourth-order valence-electron chi connectivity index (χ4n) is 2.40. The Morgan fingerprint density at radius 3 is 2.52 bits per heavy atom. The van der Waals surface area contributed by atoms with Crippen LogP contribution in [0.15, 0.2) is 64.8 Å². The quantitative estimate of drug-likeness (QED) is 0.421. The molecule has 6 nitrogen and oxygen atoms in total. The highest BCUT2D eigenvalue weighted by atomic mass is 15.5. The van der Waals surface area contributed by atoms with Crippen molar-refractivity contribution < 1.29 is 5.10 Å². The summed E-state index contributed by atoms with van der Waals surface area (Å²) >= 11 is 0. The predicted molar refractivity (Wildman–Crippen MR) is 93.3 cm³/mol. The van der Waals surface area contributed by atoms with E-state index in [-0.39, 0.29) is 5.96 Å². The summed E-state index contributed by atoms with van der Waals surface area (Å²) < 4.78 is 0. The van der Waals surface area contributed by atoms with E-state index in [0.29, 0.717) is 0 Å². The van der Waals surface area contributed by atoms with E-state index in [9.17, 15) is 0 Å². The van der Waals surface area contributed by atoms with Crippen molar-refractivity contribution in [3.63, 3.8) is 0 Å². The Morgan fingerprint density at radius 2 is 1.83 bits per heavy atom. The first-order chi connectivity index (χ1) is 11.2. The zero-order chi connectivity index (χ0) is 16.1. The number of hydrazone groups is 2. The second-order valence-electron chi connectivity index (χ2n) is 5.19. The fraction of sp³-hybridized carbons (Fsp3) is 0.118. The molecule has 0 saturated carbocycles. The lowest BCUT2D eigenvalue weighted by molar-refractivity contribution is -0.456. The summed E-state index contributed by atoms with van der Waals surface area (Å²) in [4.78, 5) is 0. The van der Waals surface area contributed by atoms with Crippen LogP contribution in [0, 0.1) is 0 Å². The first-order valence-electron chi connectivity index (χ1n) is 7.40. The maximum atomic E-state index is 5.25. The lowest BCUT2D eigenvalue weighted by Crippen LogP contribution is -2.63. The van der Waals surface area contributed by atoms with Crippen LogP contribution < -0.4 is 21.6 Å². The van der Waals surface area contributed by atoms with E-state index in [1.807, 2.05) is 47.5 Å². The number of benzene rings is 2. The molecule has 0 atom stereocenters. The van der Waals surface area contributed by atoms with Gasteiger partial charge in [-0.1, -0.05) is 30.3 Å². The number of hydrogen-bond acceptors (Lipinski definition) is 3. The van der Waals surface area contributed by atoms with Gasteiger partial charge in [-0.25, -0.2) is 0 Å². The van der Waals surface area contributed by atoms with Gasteiger partial charge in [0.05, 0.1) is 11.4 Å². The fourth-order valence-corrected chi connectivity index (χ4v) is 2.40. The normalized spacial score (nSPS) is 14.1. The van der Waals surface area contributed by atoms with Crippen LogP contribution in [0.1, 0.15) is 17.5 Å². The Kier molecular flexibility index (Phi) is 4.33. The number of guanidine groups is 1. The van der Waals surface area contributed by atoms with Gasteiger partial charge in [0.15, 0.2) is 0 Å². The Labute approximate surface area is 134 Å². The molecule has 0 fully saturated rings. The van der Waals surface area contributed by atoms with Gasteiger partial charge in [0, 0.05) is 23.6 Å². The van der Waals surface area contributed by atoms with Gasteiger partial charge in [0.25, 0.3) is 5.96 Å². The molecule has 1 aliphatic heterocycles. The number of nitrogens with two attached hydrogens (primary N) is 2. The van der Waals surface area contributed by atoms with Gasteiger partial charge in [-0.15, -0.1) is 5.10 Å². The van der Waals surface area contributed by atoms with E-state index in [1.54, 1.807) is 6.21 Å². The molecule has 116 valence electrons. The smallest absolute Gasteiger partial charge is 0.256 e. The number of hydrogen-bond donors (Lipinski definition) is 3. The minimum Gasteiger partial charge on any atom is -0.365 e. The van der Waals surface area contributed by atoms with Gasteiger partial charge >= 0.3 is 0 Å². The molecule has 0 radical (unpaired) electrons. The maximum Gasteiger partial charge on any atom is 0.256 e. The largest absolute Gasteiger partial charge is 0.365 e. The maximum absolute atomic E-state index is 5.25. The second-order valence-corrected chi connectivity index (χ2v) is 5.19. The van der Waals surface area contributed by atoms with E-state index in [4.69, 9.17) is 16.6 Å². The summed E-state index contributed by atoms with van der Waals surface area (Å²) in [7, 11) is 0. The Hall–Kier alpha value is -3.15. The first kappa shape index (κ1) is 14.8. The van der Waals surface area contributed by atoms with Crippen molar-refractivity contribution in [1.29, 1.82) is 0 Å². The number of rotatable bonds is 4. The van der Waals surface area contributed by atoms with E-state index < -0.39 is 0 Å². The van der Waals surface area contributed by atoms with Crippen LogP contribution in [0.2, 0.25) is 0 Å². The molecule has 0 bridgehead atoms. The summed E-state index contributed by atoms with van der Waals surface area (Å²) in [5, 5.41) is 13.1. The summed E-state index contributed by atoms with van der Waals surface area (Å²) in [6, 6.07) is 18.3. The van der Waals surface area contributed by atoms with E-state index >= 15 is 0 Å². The molecule has 0 spiro atoms. The molecule has 1 aliphatic rings. The molecule has 0 unspecified atom stereocenters. The minimum atomic E-state index is -0.00212. The third-order valence-corrected chi connectivity index (χ3v) is 3.52. The lowest BCUT2D eigenvalue weighted by Gasteiger charge is -2.13. The highest BCUT2D eigenvalue weighted by Gasteiger charge is 2.16. The predicted octanol–water partition coefficient (Wildman–Crippen LogP) is -0.0111.